The molecular weight excluding hydrogens is 270 g/mol. The average Bonchev–Trinajstić information content (AvgIpc) is 2.93. The summed E-state index contributed by atoms with van der Waals surface area (Å²) >= 11 is 0. The van der Waals surface area contributed by atoms with Crippen LogP contribution < -0.4 is 10.6 Å². The molecule has 0 aromatic carbocycles. The minimum atomic E-state index is -0.744. The van der Waals surface area contributed by atoms with E-state index in [0.29, 0.717) is 37.3 Å². The number of aryl methyl sites for hydroxylation is 2. The van der Waals surface area contributed by atoms with E-state index in [9.17, 15) is 9.59 Å². The Hall–Kier alpha value is -2.11. The monoisotopic (exact) mass is 289 g/mol. The lowest BCUT2D eigenvalue weighted by atomic mass is 9.96. The predicted molar refractivity (Wildman–Crippen MR) is 77.4 cm³/mol. The second-order valence-corrected chi connectivity index (χ2v) is 5.78. The molecule has 3 rings (SSSR count). The lowest BCUT2D eigenvalue weighted by Gasteiger charge is -2.32. The molecule has 3 N–H and O–H groups in total. The van der Waals surface area contributed by atoms with Crippen LogP contribution in [0.1, 0.15) is 40.9 Å². The van der Waals surface area contributed by atoms with Crippen molar-refractivity contribution in [2.24, 2.45) is 11.7 Å². The quantitative estimate of drug-likeness (QED) is 0.864. The number of carbonyl (C=O) groups excluding carboxylic acids is 1. The highest BCUT2D eigenvalue weighted by Gasteiger charge is 2.28. The summed E-state index contributed by atoms with van der Waals surface area (Å²) in [5.41, 5.74) is 8.12. The predicted octanol–water partition coefficient (Wildman–Crippen LogP) is 0.970. The SMILES string of the molecule is NC(=O)c1cc2c(nc1N1CCC(C(=O)O)CC1)CCC2. The Bertz CT molecular complexity index is 592. The fraction of sp³-hybridized carbons (Fsp3) is 0.533. The number of fused-ring (bicyclic) bond motifs is 1. The summed E-state index contributed by atoms with van der Waals surface area (Å²) < 4.78 is 0. The molecule has 2 aliphatic rings. The average molecular weight is 289 g/mol. The standard InChI is InChI=1S/C15H19N3O3/c16-13(19)11-8-10-2-1-3-12(10)17-14(11)18-6-4-9(5-7-18)15(20)21/h8-9H,1-7H2,(H2,16,19)(H,20,21). The molecule has 1 amide bonds. The molecule has 0 saturated carbocycles. The van der Waals surface area contributed by atoms with Gasteiger partial charge >= 0.3 is 5.97 Å². The molecule has 21 heavy (non-hydrogen) atoms. The summed E-state index contributed by atoms with van der Waals surface area (Å²) in [5.74, 6) is -0.876. The number of hydrogen-bond donors (Lipinski definition) is 2. The van der Waals surface area contributed by atoms with Gasteiger partial charge in [0.1, 0.15) is 5.82 Å². The molecule has 0 radical (unpaired) electrons. The van der Waals surface area contributed by atoms with Crippen molar-refractivity contribution in [3.05, 3.63) is 22.9 Å². The number of nitrogens with zero attached hydrogens (tertiary/aromatic N) is 2. The fourth-order valence-electron chi connectivity index (χ4n) is 3.22. The van der Waals surface area contributed by atoms with E-state index in [0.717, 1.165) is 30.5 Å². The van der Waals surface area contributed by atoms with Gasteiger partial charge in [-0.1, -0.05) is 0 Å². The molecule has 6 heteroatoms. The number of pyridine rings is 1. The van der Waals surface area contributed by atoms with Gasteiger partial charge in [-0.25, -0.2) is 4.98 Å². The highest BCUT2D eigenvalue weighted by molar-refractivity contribution is 5.98. The molecule has 1 aromatic heterocycles. The maximum atomic E-state index is 11.7. The van der Waals surface area contributed by atoms with Crippen LogP contribution in [0.2, 0.25) is 0 Å². The number of primary amides is 1. The van der Waals surface area contributed by atoms with Crippen LogP contribution >= 0.6 is 0 Å². The Morgan fingerprint density at radius 2 is 2.00 bits per heavy atom. The van der Waals surface area contributed by atoms with E-state index in [1.165, 1.54) is 0 Å². The van der Waals surface area contributed by atoms with Gasteiger partial charge in [-0.15, -0.1) is 0 Å². The Morgan fingerprint density at radius 1 is 1.29 bits per heavy atom. The number of amides is 1. The molecule has 1 aromatic rings. The molecule has 1 aliphatic carbocycles. The second kappa shape index (κ2) is 5.35. The largest absolute Gasteiger partial charge is 0.481 e. The first-order valence-electron chi connectivity index (χ1n) is 7.36. The van der Waals surface area contributed by atoms with Crippen LogP contribution in [0.3, 0.4) is 0 Å². The summed E-state index contributed by atoms with van der Waals surface area (Å²) in [4.78, 5) is 29.4. The number of nitrogens with two attached hydrogens (primary N) is 1. The van der Waals surface area contributed by atoms with E-state index in [1.54, 1.807) is 0 Å². The molecule has 1 saturated heterocycles. The number of carbonyl (C=O) groups is 2. The molecule has 1 fully saturated rings. The van der Waals surface area contributed by atoms with Gasteiger partial charge in [-0.2, -0.15) is 0 Å². The third kappa shape index (κ3) is 2.57. The zero-order valence-electron chi connectivity index (χ0n) is 11.8. The Balaban J connectivity index is 1.88. The van der Waals surface area contributed by atoms with Crippen LogP contribution in [0, 0.1) is 5.92 Å². The van der Waals surface area contributed by atoms with Crippen molar-refractivity contribution in [3.8, 4) is 0 Å². The van der Waals surface area contributed by atoms with Crippen LogP contribution in [0.4, 0.5) is 5.82 Å². The maximum absolute atomic E-state index is 11.7. The summed E-state index contributed by atoms with van der Waals surface area (Å²) in [7, 11) is 0. The van der Waals surface area contributed by atoms with Crippen LogP contribution in [0.15, 0.2) is 6.07 Å². The zero-order chi connectivity index (χ0) is 15.0. The molecule has 1 aliphatic heterocycles. The van der Waals surface area contributed by atoms with Gasteiger partial charge < -0.3 is 15.7 Å². The van der Waals surface area contributed by atoms with E-state index in [1.807, 2.05) is 11.0 Å². The molecule has 6 nitrogen and oxygen atoms in total. The second-order valence-electron chi connectivity index (χ2n) is 5.78. The fourth-order valence-corrected chi connectivity index (χ4v) is 3.22. The van der Waals surface area contributed by atoms with E-state index >= 15 is 0 Å². The number of anilines is 1. The van der Waals surface area contributed by atoms with Gasteiger partial charge in [-0.05, 0) is 43.7 Å². The highest BCUT2D eigenvalue weighted by atomic mass is 16.4. The molecule has 0 unspecified atom stereocenters. The van der Waals surface area contributed by atoms with Crippen molar-refractivity contribution >= 4 is 17.7 Å². The number of rotatable bonds is 3. The van der Waals surface area contributed by atoms with Crippen molar-refractivity contribution < 1.29 is 14.7 Å². The summed E-state index contributed by atoms with van der Waals surface area (Å²) in [6.07, 6.45) is 4.10. The summed E-state index contributed by atoms with van der Waals surface area (Å²) in [5, 5.41) is 9.06. The first kappa shape index (κ1) is 13.9. The lowest BCUT2D eigenvalue weighted by molar-refractivity contribution is -0.142. The van der Waals surface area contributed by atoms with Gasteiger partial charge in [0.25, 0.3) is 5.91 Å². The number of hydrogen-bond acceptors (Lipinski definition) is 4. The summed E-state index contributed by atoms with van der Waals surface area (Å²) in [6.45, 7) is 1.20. The number of piperidine rings is 1. The van der Waals surface area contributed by atoms with Crippen LogP contribution in [0.5, 0.6) is 0 Å². The Labute approximate surface area is 123 Å². The van der Waals surface area contributed by atoms with Crippen LogP contribution in [-0.2, 0) is 17.6 Å². The number of carboxylic acid groups (broad SMARTS) is 1. The molecule has 112 valence electrons. The zero-order valence-corrected chi connectivity index (χ0v) is 11.8. The van der Waals surface area contributed by atoms with Crippen molar-refractivity contribution in [2.45, 2.75) is 32.1 Å². The molecular formula is C15H19N3O3. The third-order valence-electron chi connectivity index (χ3n) is 4.44. The molecule has 0 atom stereocenters. The first-order valence-corrected chi connectivity index (χ1v) is 7.36. The molecule has 0 bridgehead atoms. The van der Waals surface area contributed by atoms with Crippen LogP contribution in [0.25, 0.3) is 0 Å². The van der Waals surface area contributed by atoms with Crippen LogP contribution in [-0.4, -0.2) is 35.1 Å². The number of aliphatic carboxylic acids is 1. The van der Waals surface area contributed by atoms with E-state index in [4.69, 9.17) is 10.8 Å². The Kier molecular flexibility index (Phi) is 3.53. The third-order valence-corrected chi connectivity index (χ3v) is 4.44. The number of aromatic nitrogens is 1. The smallest absolute Gasteiger partial charge is 0.306 e. The van der Waals surface area contributed by atoms with Crippen molar-refractivity contribution in [2.75, 3.05) is 18.0 Å². The van der Waals surface area contributed by atoms with Crippen molar-refractivity contribution in [1.29, 1.82) is 0 Å². The van der Waals surface area contributed by atoms with Gasteiger partial charge in [0.15, 0.2) is 0 Å². The topological polar surface area (TPSA) is 96.5 Å². The maximum Gasteiger partial charge on any atom is 0.306 e. The number of carboxylic acids is 1. The summed E-state index contributed by atoms with van der Waals surface area (Å²) in [6, 6.07) is 1.87. The van der Waals surface area contributed by atoms with E-state index < -0.39 is 11.9 Å². The molecule has 0 spiro atoms. The normalized spacial score (nSPS) is 18.6. The van der Waals surface area contributed by atoms with E-state index in [2.05, 4.69) is 4.98 Å². The highest BCUT2D eigenvalue weighted by Crippen LogP contribution is 2.29. The first-order chi connectivity index (χ1) is 10.1. The Morgan fingerprint density at radius 3 is 2.62 bits per heavy atom. The molecule has 2 heterocycles. The van der Waals surface area contributed by atoms with Gasteiger partial charge in [0.05, 0.1) is 11.5 Å². The minimum Gasteiger partial charge on any atom is -0.481 e. The van der Waals surface area contributed by atoms with E-state index in [-0.39, 0.29) is 5.92 Å². The van der Waals surface area contributed by atoms with Crippen molar-refractivity contribution in [3.63, 3.8) is 0 Å². The van der Waals surface area contributed by atoms with Crippen molar-refractivity contribution in [1.82, 2.24) is 4.98 Å². The van der Waals surface area contributed by atoms with Gasteiger partial charge in [0, 0.05) is 18.8 Å². The lowest BCUT2D eigenvalue weighted by Crippen LogP contribution is -2.38. The van der Waals surface area contributed by atoms with Gasteiger partial charge in [0.2, 0.25) is 0 Å². The van der Waals surface area contributed by atoms with Gasteiger partial charge in [-0.3, -0.25) is 9.59 Å². The minimum absolute atomic E-state index is 0.298.